The second-order valence-corrected chi connectivity index (χ2v) is 18.7. The molecule has 1 aromatic carbocycles. The second-order valence-electron chi connectivity index (χ2n) is 9.26. The van der Waals surface area contributed by atoms with Crippen LogP contribution in [0.5, 0.6) is 0 Å². The number of hydrogen-bond acceptors (Lipinski definition) is 5. The zero-order chi connectivity index (χ0) is 23.4. The first-order chi connectivity index (χ1) is 15.1. The maximum Gasteiger partial charge on any atom is 0.268 e. The van der Waals surface area contributed by atoms with Gasteiger partial charge in [0.1, 0.15) is 16.6 Å². The van der Waals surface area contributed by atoms with E-state index < -0.39 is 18.1 Å². The van der Waals surface area contributed by atoms with Crippen molar-refractivity contribution in [3.8, 4) is 0 Å². The summed E-state index contributed by atoms with van der Waals surface area (Å²) in [5, 5.41) is 0.745. The Kier molecular flexibility index (Phi) is 9.02. The van der Waals surface area contributed by atoms with Crippen molar-refractivity contribution >= 4 is 50.4 Å². The minimum absolute atomic E-state index is 0.00661. The number of rotatable bonds is 11. The lowest BCUT2D eigenvalue weighted by atomic mass is 9.96. The van der Waals surface area contributed by atoms with Crippen LogP contribution in [-0.2, 0) is 38.9 Å². The number of benzene rings is 1. The van der Waals surface area contributed by atoms with E-state index in [2.05, 4.69) is 35.6 Å². The van der Waals surface area contributed by atoms with Gasteiger partial charge in [0.15, 0.2) is 0 Å². The Morgan fingerprint density at radius 3 is 2.53 bits per heavy atom. The van der Waals surface area contributed by atoms with E-state index in [0.717, 1.165) is 42.3 Å². The number of sulfonamides is 1. The van der Waals surface area contributed by atoms with Crippen molar-refractivity contribution in [2.45, 2.75) is 69.8 Å². The van der Waals surface area contributed by atoms with Crippen LogP contribution in [0, 0.1) is 0 Å². The first kappa shape index (κ1) is 25.9. The van der Waals surface area contributed by atoms with Gasteiger partial charge in [-0.05, 0) is 72.3 Å². The van der Waals surface area contributed by atoms with Crippen LogP contribution >= 0.6 is 27.3 Å². The molecular formula is C23H34BrNO4S2Si. The number of ether oxygens (including phenoxy) is 2. The number of fused-ring (bicyclic) bond motifs is 1. The lowest BCUT2D eigenvalue weighted by Crippen LogP contribution is -2.34. The zero-order valence-electron chi connectivity index (χ0n) is 19.4. The molecule has 0 fully saturated rings. The minimum atomic E-state index is -3.82. The lowest BCUT2D eigenvalue weighted by molar-refractivity contribution is 0.133. The predicted molar refractivity (Wildman–Crippen MR) is 139 cm³/mol. The fraction of sp³-hybridized carbons (Fsp3) is 0.565. The Morgan fingerprint density at radius 2 is 1.84 bits per heavy atom. The van der Waals surface area contributed by atoms with Crippen molar-refractivity contribution in [2.75, 3.05) is 24.2 Å². The number of thiophene rings is 1. The van der Waals surface area contributed by atoms with E-state index in [1.807, 2.05) is 13.0 Å². The quantitative estimate of drug-likeness (QED) is 0.181. The van der Waals surface area contributed by atoms with Crippen LogP contribution in [0.3, 0.4) is 0 Å². The van der Waals surface area contributed by atoms with E-state index in [4.69, 9.17) is 9.47 Å². The third-order valence-electron chi connectivity index (χ3n) is 5.55. The highest BCUT2D eigenvalue weighted by Crippen LogP contribution is 2.43. The molecule has 1 heterocycles. The molecule has 0 bridgehead atoms. The summed E-state index contributed by atoms with van der Waals surface area (Å²) < 4.78 is 41.6. The molecule has 9 heteroatoms. The third-order valence-corrected chi connectivity index (χ3v) is 11.5. The Morgan fingerprint density at radius 1 is 1.12 bits per heavy atom. The van der Waals surface area contributed by atoms with Crippen molar-refractivity contribution in [3.63, 3.8) is 0 Å². The number of aryl methyl sites for hydroxylation is 1. The van der Waals surface area contributed by atoms with Crippen LogP contribution in [0.2, 0.25) is 25.7 Å². The van der Waals surface area contributed by atoms with Crippen LogP contribution in [0.1, 0.15) is 35.8 Å². The summed E-state index contributed by atoms with van der Waals surface area (Å²) in [6.07, 6.45) is 4.25. The Balaban J connectivity index is 2.03. The van der Waals surface area contributed by atoms with Crippen molar-refractivity contribution in [1.29, 1.82) is 0 Å². The molecule has 1 aliphatic carbocycles. The lowest BCUT2D eigenvalue weighted by Gasteiger charge is -2.26. The molecule has 0 N–H and O–H groups in total. The molecule has 5 nitrogen and oxygen atoms in total. The summed E-state index contributed by atoms with van der Waals surface area (Å²) in [7, 11) is -5.10. The monoisotopic (exact) mass is 559 g/mol. The summed E-state index contributed by atoms with van der Waals surface area (Å²) >= 11 is 5.03. The average Bonchev–Trinajstić information content (AvgIpc) is 3.09. The molecule has 0 atom stereocenters. The highest BCUT2D eigenvalue weighted by Gasteiger charge is 2.33. The van der Waals surface area contributed by atoms with Gasteiger partial charge in [-0.2, -0.15) is 0 Å². The predicted octanol–water partition coefficient (Wildman–Crippen LogP) is 6.43. The first-order valence-electron chi connectivity index (χ1n) is 11.2. The standard InChI is InChI=1S/C23H34BrNO4S2Si/c1-5-28-16-19-18-10-6-8-12-21(18)30-23(19)25(17-29-14-15-32(2,3)4)31(26,27)22-13-9-7-11-20(22)24/h7,9,11,13H,5-6,8,10,12,14-17H2,1-4H3. The van der Waals surface area contributed by atoms with Gasteiger partial charge in [0, 0.05) is 36.2 Å². The molecule has 0 spiro atoms. The van der Waals surface area contributed by atoms with Gasteiger partial charge in [-0.1, -0.05) is 31.8 Å². The number of anilines is 1. The number of hydrogen-bond donors (Lipinski definition) is 0. The van der Waals surface area contributed by atoms with Crippen LogP contribution in [0.25, 0.3) is 0 Å². The normalized spacial score (nSPS) is 14.4. The van der Waals surface area contributed by atoms with Crippen LogP contribution in [-0.4, -0.2) is 36.4 Å². The number of halogens is 1. The summed E-state index contributed by atoms with van der Waals surface area (Å²) in [5.41, 5.74) is 2.29. The maximum atomic E-state index is 13.9. The molecule has 2 aromatic rings. The molecule has 0 aliphatic heterocycles. The van der Waals surface area contributed by atoms with E-state index in [0.29, 0.717) is 24.3 Å². The van der Waals surface area contributed by atoms with Crippen LogP contribution in [0.4, 0.5) is 5.00 Å². The van der Waals surface area contributed by atoms with E-state index in [1.165, 1.54) is 14.7 Å². The molecule has 0 amide bonds. The topological polar surface area (TPSA) is 55.8 Å². The smallest absolute Gasteiger partial charge is 0.268 e. The van der Waals surface area contributed by atoms with E-state index >= 15 is 0 Å². The molecule has 1 aliphatic rings. The molecule has 0 radical (unpaired) electrons. The van der Waals surface area contributed by atoms with Gasteiger partial charge in [0.05, 0.1) is 6.61 Å². The SMILES string of the molecule is CCOCc1c(N(COCC[Si](C)(C)C)S(=O)(=O)c2ccccc2Br)sc2c1CCCC2. The average molecular weight is 561 g/mol. The number of nitrogens with zero attached hydrogens (tertiary/aromatic N) is 1. The van der Waals surface area contributed by atoms with Crippen molar-refractivity contribution in [2.24, 2.45) is 0 Å². The van der Waals surface area contributed by atoms with Gasteiger partial charge in [0.25, 0.3) is 10.0 Å². The fourth-order valence-corrected chi connectivity index (χ4v) is 8.40. The minimum Gasteiger partial charge on any atom is -0.377 e. The van der Waals surface area contributed by atoms with Gasteiger partial charge < -0.3 is 9.47 Å². The highest BCUT2D eigenvalue weighted by molar-refractivity contribution is 9.10. The van der Waals surface area contributed by atoms with E-state index in [-0.39, 0.29) is 11.6 Å². The van der Waals surface area contributed by atoms with E-state index in [1.54, 1.807) is 29.5 Å². The molecule has 32 heavy (non-hydrogen) atoms. The van der Waals surface area contributed by atoms with Crippen LogP contribution < -0.4 is 4.31 Å². The molecule has 1 aromatic heterocycles. The van der Waals surface area contributed by atoms with Gasteiger partial charge >= 0.3 is 0 Å². The van der Waals surface area contributed by atoms with Gasteiger partial charge in [-0.3, -0.25) is 0 Å². The third kappa shape index (κ3) is 6.24. The Labute approximate surface area is 206 Å². The Bertz CT molecular complexity index is 1020. The summed E-state index contributed by atoms with van der Waals surface area (Å²) in [4.78, 5) is 1.54. The second kappa shape index (κ2) is 11.1. The zero-order valence-corrected chi connectivity index (χ0v) is 23.7. The Hall–Kier alpha value is -0.713. The summed E-state index contributed by atoms with van der Waals surface area (Å²) in [6, 6.07) is 7.97. The molecule has 0 unspecified atom stereocenters. The molecule has 178 valence electrons. The van der Waals surface area contributed by atoms with E-state index in [9.17, 15) is 8.42 Å². The van der Waals surface area contributed by atoms with Gasteiger partial charge in [0.2, 0.25) is 0 Å². The molecule has 0 saturated heterocycles. The summed E-state index contributed by atoms with van der Waals surface area (Å²) in [5.74, 6) is 0. The van der Waals surface area contributed by atoms with Crippen molar-refractivity contribution in [1.82, 2.24) is 0 Å². The van der Waals surface area contributed by atoms with Crippen molar-refractivity contribution in [3.05, 3.63) is 44.7 Å². The van der Waals surface area contributed by atoms with Crippen molar-refractivity contribution < 1.29 is 17.9 Å². The first-order valence-corrected chi connectivity index (χ1v) is 18.0. The van der Waals surface area contributed by atoms with Crippen LogP contribution in [0.15, 0.2) is 33.6 Å². The molecular weight excluding hydrogens is 526 g/mol. The molecule has 3 rings (SSSR count). The highest BCUT2D eigenvalue weighted by atomic mass is 79.9. The molecule has 0 saturated carbocycles. The van der Waals surface area contributed by atoms with Gasteiger partial charge in [-0.25, -0.2) is 12.7 Å². The summed E-state index contributed by atoms with van der Waals surface area (Å²) in [6.45, 7) is 10.4. The van der Waals surface area contributed by atoms with Gasteiger partial charge in [-0.15, -0.1) is 11.3 Å². The largest absolute Gasteiger partial charge is 0.377 e. The maximum absolute atomic E-state index is 13.9. The fourth-order valence-electron chi connectivity index (χ4n) is 3.71.